The normalized spacial score (nSPS) is 13.8. The van der Waals surface area contributed by atoms with Gasteiger partial charge in [0.1, 0.15) is 5.75 Å². The third-order valence-electron chi connectivity index (χ3n) is 6.08. The van der Waals surface area contributed by atoms with E-state index in [1.807, 2.05) is 24.3 Å². The maximum absolute atomic E-state index is 13.3. The fraction of sp³-hybridized carbons (Fsp3) is 0.259. The van der Waals surface area contributed by atoms with E-state index in [9.17, 15) is 9.59 Å². The Kier molecular flexibility index (Phi) is 8.36. The SMILES string of the molecule is COC(=O)c1ccc(N2CCN(Cc3ccccc3)CC2)c(NC(=O)c2cc(Cl)cc(Cl)c2OC)c1. The van der Waals surface area contributed by atoms with Crippen LogP contribution in [0.1, 0.15) is 26.3 Å². The quantitative estimate of drug-likeness (QED) is 0.417. The summed E-state index contributed by atoms with van der Waals surface area (Å²) in [5, 5.41) is 3.46. The lowest BCUT2D eigenvalue weighted by atomic mass is 10.1. The molecule has 0 spiro atoms. The lowest BCUT2D eigenvalue weighted by molar-refractivity contribution is 0.0600. The number of hydrogen-bond donors (Lipinski definition) is 1. The van der Waals surface area contributed by atoms with E-state index in [0.717, 1.165) is 38.4 Å². The molecule has 4 rings (SSSR count). The number of ether oxygens (including phenoxy) is 2. The molecule has 3 aromatic carbocycles. The van der Waals surface area contributed by atoms with Crippen molar-refractivity contribution in [2.45, 2.75) is 6.54 Å². The molecule has 1 saturated heterocycles. The molecule has 1 heterocycles. The van der Waals surface area contributed by atoms with E-state index in [1.165, 1.54) is 31.9 Å². The van der Waals surface area contributed by atoms with Crippen LogP contribution in [0.15, 0.2) is 60.7 Å². The van der Waals surface area contributed by atoms with Gasteiger partial charge in [-0.05, 0) is 35.9 Å². The largest absolute Gasteiger partial charge is 0.494 e. The van der Waals surface area contributed by atoms with Gasteiger partial charge in [0.15, 0.2) is 0 Å². The van der Waals surface area contributed by atoms with E-state index in [1.54, 1.807) is 12.1 Å². The van der Waals surface area contributed by atoms with Crippen LogP contribution < -0.4 is 15.0 Å². The average molecular weight is 528 g/mol. The molecule has 36 heavy (non-hydrogen) atoms. The van der Waals surface area contributed by atoms with Gasteiger partial charge in [0.25, 0.3) is 5.91 Å². The van der Waals surface area contributed by atoms with Gasteiger partial charge in [-0.1, -0.05) is 53.5 Å². The molecule has 0 radical (unpaired) electrons. The monoisotopic (exact) mass is 527 g/mol. The van der Waals surface area contributed by atoms with Crippen molar-refractivity contribution in [1.82, 2.24) is 4.90 Å². The molecule has 188 valence electrons. The molecule has 0 aliphatic carbocycles. The standard InChI is InChI=1S/C27H27Cl2N3O4/c1-35-25-21(15-20(28)16-22(25)29)26(33)30-23-14-19(27(34)36-2)8-9-24(23)32-12-10-31(11-13-32)17-18-6-4-3-5-7-18/h3-9,14-16H,10-13,17H2,1-2H3,(H,30,33). The fourth-order valence-electron chi connectivity index (χ4n) is 4.27. The van der Waals surface area contributed by atoms with Gasteiger partial charge in [-0.25, -0.2) is 4.79 Å². The van der Waals surface area contributed by atoms with E-state index in [2.05, 4.69) is 27.2 Å². The van der Waals surface area contributed by atoms with Gasteiger partial charge >= 0.3 is 5.97 Å². The molecule has 3 aromatic rings. The van der Waals surface area contributed by atoms with Crippen LogP contribution in [0.25, 0.3) is 0 Å². The Morgan fingerprint density at radius 3 is 2.33 bits per heavy atom. The van der Waals surface area contributed by atoms with Crippen molar-refractivity contribution in [1.29, 1.82) is 0 Å². The van der Waals surface area contributed by atoms with Crippen molar-refractivity contribution in [3.05, 3.63) is 87.4 Å². The van der Waals surface area contributed by atoms with Crippen molar-refractivity contribution in [2.75, 3.05) is 50.6 Å². The second kappa shape index (κ2) is 11.6. The number of carbonyl (C=O) groups excluding carboxylic acids is 2. The number of nitrogens with one attached hydrogen (secondary N) is 1. The van der Waals surface area contributed by atoms with Gasteiger partial charge in [-0.3, -0.25) is 9.69 Å². The van der Waals surface area contributed by atoms with Gasteiger partial charge in [0, 0.05) is 37.7 Å². The highest BCUT2D eigenvalue weighted by Gasteiger charge is 2.23. The number of amides is 1. The summed E-state index contributed by atoms with van der Waals surface area (Å²) in [5.41, 5.74) is 3.09. The van der Waals surface area contributed by atoms with Crippen LogP contribution in [0, 0.1) is 0 Å². The second-order valence-electron chi connectivity index (χ2n) is 8.39. The molecule has 1 fully saturated rings. The van der Waals surface area contributed by atoms with E-state index in [0.29, 0.717) is 16.3 Å². The van der Waals surface area contributed by atoms with Gasteiger partial charge in [0.2, 0.25) is 0 Å². The zero-order valence-electron chi connectivity index (χ0n) is 20.1. The first-order chi connectivity index (χ1) is 17.4. The van der Waals surface area contributed by atoms with Gasteiger partial charge < -0.3 is 19.7 Å². The number of rotatable bonds is 7. The number of halogens is 2. The number of benzene rings is 3. The molecule has 1 aliphatic heterocycles. The Labute approximate surface area is 220 Å². The minimum absolute atomic E-state index is 0.192. The molecule has 0 aromatic heterocycles. The maximum Gasteiger partial charge on any atom is 0.337 e. The summed E-state index contributed by atoms with van der Waals surface area (Å²) in [5.74, 6) is -0.728. The Bertz CT molecular complexity index is 1250. The summed E-state index contributed by atoms with van der Waals surface area (Å²) in [7, 11) is 2.75. The predicted octanol–water partition coefficient (Wildman–Crippen LogP) is 5.36. The van der Waals surface area contributed by atoms with Crippen molar-refractivity contribution in [3.8, 4) is 5.75 Å². The van der Waals surface area contributed by atoms with Crippen LogP contribution in [0.4, 0.5) is 11.4 Å². The maximum atomic E-state index is 13.3. The molecule has 7 nitrogen and oxygen atoms in total. The number of hydrogen-bond acceptors (Lipinski definition) is 6. The molecule has 0 atom stereocenters. The van der Waals surface area contributed by atoms with E-state index < -0.39 is 11.9 Å². The van der Waals surface area contributed by atoms with Crippen molar-refractivity contribution >= 4 is 46.5 Å². The molecular weight excluding hydrogens is 501 g/mol. The molecule has 1 amide bonds. The number of anilines is 2. The second-order valence-corrected chi connectivity index (χ2v) is 9.24. The third kappa shape index (κ3) is 5.93. The Balaban J connectivity index is 1.57. The van der Waals surface area contributed by atoms with E-state index >= 15 is 0 Å². The summed E-state index contributed by atoms with van der Waals surface area (Å²) < 4.78 is 10.2. The first-order valence-corrected chi connectivity index (χ1v) is 12.2. The lowest BCUT2D eigenvalue weighted by Crippen LogP contribution is -2.46. The number of esters is 1. The number of nitrogens with zero attached hydrogens (tertiary/aromatic N) is 2. The molecule has 1 N–H and O–H groups in total. The molecule has 0 bridgehead atoms. The van der Waals surface area contributed by atoms with E-state index in [-0.39, 0.29) is 16.3 Å². The highest BCUT2D eigenvalue weighted by Crippen LogP contribution is 2.34. The molecule has 1 aliphatic rings. The van der Waals surface area contributed by atoms with Gasteiger partial charge in [-0.15, -0.1) is 0 Å². The smallest absolute Gasteiger partial charge is 0.337 e. The topological polar surface area (TPSA) is 71.1 Å². The first kappa shape index (κ1) is 25.8. The lowest BCUT2D eigenvalue weighted by Gasteiger charge is -2.37. The molecular formula is C27H27Cl2N3O4. The Hall–Kier alpha value is -3.26. The summed E-state index contributed by atoms with van der Waals surface area (Å²) in [4.78, 5) is 30.1. The number of piperazine rings is 1. The minimum Gasteiger partial charge on any atom is -0.494 e. The molecule has 9 heteroatoms. The number of carbonyl (C=O) groups is 2. The fourth-order valence-corrected chi connectivity index (χ4v) is 4.84. The van der Waals surface area contributed by atoms with Crippen LogP contribution in [0.5, 0.6) is 5.75 Å². The Morgan fingerprint density at radius 2 is 1.67 bits per heavy atom. The zero-order chi connectivity index (χ0) is 25.7. The average Bonchev–Trinajstić information content (AvgIpc) is 2.89. The molecule has 0 unspecified atom stereocenters. The third-order valence-corrected chi connectivity index (χ3v) is 6.58. The van der Waals surface area contributed by atoms with Crippen molar-refractivity contribution in [3.63, 3.8) is 0 Å². The highest BCUT2D eigenvalue weighted by molar-refractivity contribution is 6.36. The van der Waals surface area contributed by atoms with Gasteiger partial charge in [0.05, 0.1) is 41.7 Å². The minimum atomic E-state index is -0.492. The molecule has 0 saturated carbocycles. The zero-order valence-corrected chi connectivity index (χ0v) is 21.6. The first-order valence-electron chi connectivity index (χ1n) is 11.5. The number of methoxy groups -OCH3 is 2. The summed E-state index contributed by atoms with van der Waals surface area (Å²) in [6.07, 6.45) is 0. The Morgan fingerprint density at radius 1 is 0.944 bits per heavy atom. The summed E-state index contributed by atoms with van der Waals surface area (Å²) in [6, 6.07) is 18.5. The van der Waals surface area contributed by atoms with Crippen LogP contribution in [-0.4, -0.2) is 57.2 Å². The van der Waals surface area contributed by atoms with Crippen LogP contribution in [0.2, 0.25) is 10.0 Å². The van der Waals surface area contributed by atoms with Crippen molar-refractivity contribution in [2.24, 2.45) is 0 Å². The van der Waals surface area contributed by atoms with Gasteiger partial charge in [-0.2, -0.15) is 0 Å². The predicted molar refractivity (Wildman–Crippen MR) is 143 cm³/mol. The summed E-state index contributed by atoms with van der Waals surface area (Å²) >= 11 is 12.4. The van der Waals surface area contributed by atoms with Crippen LogP contribution in [-0.2, 0) is 11.3 Å². The highest BCUT2D eigenvalue weighted by atomic mass is 35.5. The summed E-state index contributed by atoms with van der Waals surface area (Å²) in [6.45, 7) is 4.13. The van der Waals surface area contributed by atoms with Crippen LogP contribution in [0.3, 0.4) is 0 Å². The van der Waals surface area contributed by atoms with Crippen LogP contribution >= 0.6 is 23.2 Å². The van der Waals surface area contributed by atoms with Crippen molar-refractivity contribution < 1.29 is 19.1 Å². The van der Waals surface area contributed by atoms with E-state index in [4.69, 9.17) is 32.7 Å².